The fourth-order valence-corrected chi connectivity index (χ4v) is 6.64. The molecule has 3 heterocycles. The lowest BCUT2D eigenvalue weighted by Crippen LogP contribution is -2.50. The van der Waals surface area contributed by atoms with Gasteiger partial charge in [-0.25, -0.2) is 13.4 Å². The summed E-state index contributed by atoms with van der Waals surface area (Å²) < 4.78 is 37.5. The second kappa shape index (κ2) is 12.4. The normalized spacial score (nSPS) is 18.1. The Balaban J connectivity index is 1.41. The number of sulfonamides is 1. The van der Waals surface area contributed by atoms with Gasteiger partial charge in [0.05, 0.1) is 37.5 Å². The molecule has 2 aromatic carbocycles. The maximum Gasteiger partial charge on any atom is 0.261 e. The molecule has 2 aromatic heterocycles. The van der Waals surface area contributed by atoms with E-state index in [9.17, 15) is 23.1 Å². The molecule has 0 saturated heterocycles. The largest absolute Gasteiger partial charge is 0.488 e. The summed E-state index contributed by atoms with van der Waals surface area (Å²) in [5, 5.41) is 13.8. The van der Waals surface area contributed by atoms with Crippen LogP contribution in [0.5, 0.6) is 5.75 Å². The number of likely N-dealkylation sites (N-methyl/N-ethyl adjacent to an activating group) is 1. The Kier molecular flexibility index (Phi) is 8.82. The van der Waals surface area contributed by atoms with E-state index in [0.717, 1.165) is 16.5 Å². The van der Waals surface area contributed by atoms with Crippen LogP contribution in [-0.2, 0) is 35.3 Å². The van der Waals surface area contributed by atoms with Crippen LogP contribution in [0.4, 0.5) is 5.69 Å². The second-order valence-electron chi connectivity index (χ2n) is 11.5. The highest BCUT2D eigenvalue weighted by atomic mass is 32.2. The van der Waals surface area contributed by atoms with Crippen molar-refractivity contribution in [2.45, 2.75) is 37.4 Å². The maximum atomic E-state index is 13.8. The zero-order valence-corrected chi connectivity index (χ0v) is 26.3. The van der Waals surface area contributed by atoms with Crippen LogP contribution in [0.1, 0.15) is 29.8 Å². The summed E-state index contributed by atoms with van der Waals surface area (Å²) in [7, 11) is 1.20. The number of benzene rings is 2. The Morgan fingerprint density at radius 2 is 1.95 bits per heavy atom. The molecule has 0 unspecified atom stereocenters. The molecule has 13 heteroatoms. The van der Waals surface area contributed by atoms with Crippen molar-refractivity contribution < 1.29 is 27.9 Å². The van der Waals surface area contributed by atoms with Crippen molar-refractivity contribution in [3.8, 4) is 5.75 Å². The Morgan fingerprint density at radius 3 is 2.66 bits per heavy atom. The maximum absolute atomic E-state index is 13.8. The van der Waals surface area contributed by atoms with Crippen molar-refractivity contribution in [3.63, 3.8) is 0 Å². The first kappa shape index (κ1) is 31.2. The number of imidazole rings is 1. The number of nitrogens with zero attached hydrogens (tertiary/aromatic N) is 5. The van der Waals surface area contributed by atoms with E-state index in [2.05, 4.69) is 10.3 Å². The number of hydrogen-bond acceptors (Lipinski definition) is 7. The Morgan fingerprint density at radius 1 is 1.20 bits per heavy atom. The van der Waals surface area contributed by atoms with Crippen molar-refractivity contribution in [1.82, 2.24) is 23.3 Å². The van der Waals surface area contributed by atoms with Gasteiger partial charge in [0, 0.05) is 62.6 Å². The van der Waals surface area contributed by atoms with Gasteiger partial charge in [0.2, 0.25) is 5.91 Å². The van der Waals surface area contributed by atoms with Crippen LogP contribution in [-0.4, -0.2) is 87.6 Å². The zero-order valence-electron chi connectivity index (χ0n) is 25.5. The SMILES string of the molecule is C[C@H](CO)N1C[C@H](C)[C@H](CN(C)S(=O)(=O)c2cn(C)cn2)Oc2ccc(NC(=O)Cc3cn(C)c4ccccc34)cc2C1=O. The van der Waals surface area contributed by atoms with Crippen LogP contribution in [0.25, 0.3) is 10.9 Å². The fraction of sp³-hybridized carbons (Fsp3) is 0.387. The Labute approximate surface area is 256 Å². The molecule has 2 N–H and O–H groups in total. The first-order valence-electron chi connectivity index (χ1n) is 14.4. The van der Waals surface area contributed by atoms with Gasteiger partial charge in [-0.15, -0.1) is 0 Å². The summed E-state index contributed by atoms with van der Waals surface area (Å²) in [6.45, 7) is 3.59. The highest BCUT2D eigenvalue weighted by Crippen LogP contribution is 2.31. The zero-order chi connectivity index (χ0) is 31.8. The van der Waals surface area contributed by atoms with E-state index in [-0.39, 0.29) is 60.2 Å². The summed E-state index contributed by atoms with van der Waals surface area (Å²) >= 11 is 0. The Bertz CT molecular complexity index is 1800. The van der Waals surface area contributed by atoms with E-state index in [1.54, 1.807) is 41.6 Å². The number of aryl methyl sites for hydroxylation is 2. The third kappa shape index (κ3) is 6.21. The van der Waals surface area contributed by atoms with Gasteiger partial charge in [-0.05, 0) is 36.8 Å². The average Bonchev–Trinajstić information content (AvgIpc) is 3.58. The number of anilines is 1. The van der Waals surface area contributed by atoms with Gasteiger partial charge in [0.15, 0.2) is 5.03 Å². The monoisotopic (exact) mass is 622 g/mol. The van der Waals surface area contributed by atoms with Crippen LogP contribution in [0.2, 0.25) is 0 Å². The summed E-state index contributed by atoms with van der Waals surface area (Å²) in [4.78, 5) is 32.5. The molecule has 3 atom stereocenters. The first-order valence-corrected chi connectivity index (χ1v) is 15.8. The molecule has 0 bridgehead atoms. The van der Waals surface area contributed by atoms with Crippen molar-refractivity contribution in [1.29, 1.82) is 0 Å². The predicted octanol–water partition coefficient (Wildman–Crippen LogP) is 2.63. The number of hydrogen-bond donors (Lipinski definition) is 2. The highest BCUT2D eigenvalue weighted by molar-refractivity contribution is 7.89. The van der Waals surface area contributed by atoms with Crippen molar-refractivity contribution >= 4 is 38.4 Å². The topological polar surface area (TPSA) is 139 Å². The number of aromatic nitrogens is 3. The minimum absolute atomic E-state index is 0.00142. The molecule has 4 aromatic rings. The molecular weight excluding hydrogens is 584 g/mol. The minimum atomic E-state index is -3.89. The number of rotatable bonds is 9. The lowest BCUT2D eigenvalue weighted by Gasteiger charge is -2.38. The van der Waals surface area contributed by atoms with Crippen LogP contribution in [0.15, 0.2) is 66.2 Å². The Hall–Kier alpha value is -4.20. The number of fused-ring (bicyclic) bond motifs is 2. The van der Waals surface area contributed by atoms with E-state index in [4.69, 9.17) is 4.74 Å². The van der Waals surface area contributed by atoms with E-state index in [1.807, 2.05) is 49.0 Å². The van der Waals surface area contributed by atoms with Crippen LogP contribution in [0, 0.1) is 5.92 Å². The van der Waals surface area contributed by atoms with Crippen molar-refractivity contribution in [2.75, 3.05) is 32.1 Å². The van der Waals surface area contributed by atoms with Gasteiger partial charge in [0.1, 0.15) is 11.9 Å². The number of carbonyl (C=O) groups excluding carboxylic acids is 2. The van der Waals surface area contributed by atoms with E-state index >= 15 is 0 Å². The number of aliphatic hydroxyl groups excluding tert-OH is 1. The molecule has 0 spiro atoms. The molecule has 0 saturated carbocycles. The third-order valence-corrected chi connectivity index (χ3v) is 9.78. The van der Waals surface area contributed by atoms with Gasteiger partial charge in [-0.3, -0.25) is 9.59 Å². The molecule has 234 valence electrons. The quantitative estimate of drug-likeness (QED) is 0.293. The molecule has 1 aliphatic heterocycles. The number of aliphatic hydroxyl groups is 1. The molecular formula is C31H38N6O6S. The second-order valence-corrected chi connectivity index (χ2v) is 13.5. The summed E-state index contributed by atoms with van der Waals surface area (Å²) in [6.07, 6.45) is 4.30. The number of nitrogens with one attached hydrogen (secondary N) is 1. The summed E-state index contributed by atoms with van der Waals surface area (Å²) in [6, 6.07) is 12.2. The average molecular weight is 623 g/mol. The fourth-order valence-electron chi connectivity index (χ4n) is 5.50. The first-order chi connectivity index (χ1) is 20.9. The van der Waals surface area contributed by atoms with Crippen LogP contribution >= 0.6 is 0 Å². The van der Waals surface area contributed by atoms with Crippen molar-refractivity contribution in [3.05, 3.63) is 72.3 Å². The van der Waals surface area contributed by atoms with Gasteiger partial charge >= 0.3 is 0 Å². The number of amides is 2. The van der Waals surface area contributed by atoms with Gasteiger partial charge in [0.25, 0.3) is 15.9 Å². The van der Waals surface area contributed by atoms with Crippen LogP contribution < -0.4 is 10.1 Å². The molecule has 44 heavy (non-hydrogen) atoms. The number of para-hydroxylation sites is 1. The molecule has 0 aliphatic carbocycles. The molecule has 0 fully saturated rings. The van der Waals surface area contributed by atoms with Crippen LogP contribution in [0.3, 0.4) is 0 Å². The number of ether oxygens (including phenoxy) is 1. The van der Waals surface area contributed by atoms with E-state index in [0.29, 0.717) is 5.69 Å². The number of carbonyl (C=O) groups is 2. The molecule has 1 aliphatic rings. The molecule has 2 amide bonds. The lowest BCUT2D eigenvalue weighted by atomic mass is 9.99. The summed E-state index contributed by atoms with van der Waals surface area (Å²) in [5.74, 6) is -0.625. The highest BCUT2D eigenvalue weighted by Gasteiger charge is 2.35. The lowest BCUT2D eigenvalue weighted by molar-refractivity contribution is -0.115. The van der Waals surface area contributed by atoms with Gasteiger partial charge in [-0.1, -0.05) is 25.1 Å². The van der Waals surface area contributed by atoms with Gasteiger partial charge < -0.3 is 29.2 Å². The third-order valence-electron chi connectivity index (χ3n) is 8.07. The van der Waals surface area contributed by atoms with E-state index < -0.39 is 22.2 Å². The predicted molar refractivity (Wildman–Crippen MR) is 166 cm³/mol. The van der Waals surface area contributed by atoms with E-state index in [1.165, 1.54) is 23.9 Å². The smallest absolute Gasteiger partial charge is 0.261 e. The molecule has 12 nitrogen and oxygen atoms in total. The minimum Gasteiger partial charge on any atom is -0.488 e. The summed E-state index contributed by atoms with van der Waals surface area (Å²) in [5.41, 5.74) is 2.54. The molecule has 0 radical (unpaired) electrons. The van der Waals surface area contributed by atoms with Crippen molar-refractivity contribution in [2.24, 2.45) is 20.0 Å². The standard InChI is InChI=1S/C31H38N6O6S/c1-20-14-37(21(2)18-38)31(40)25-13-23(33-29(39)12-22-15-35(4)26-9-7-6-8-24(22)26)10-11-27(25)43-28(20)16-36(5)44(41,42)30-17-34(3)19-32-30/h6-11,13,15,17,19-21,28,38H,12,14,16,18H2,1-5H3,(H,33,39)/t20-,21+,28-/m0/s1. The molecule has 5 rings (SSSR count). The van der Waals surface area contributed by atoms with Gasteiger partial charge in [-0.2, -0.15) is 4.31 Å².